The minimum atomic E-state index is -0.381. The number of hydroxylamine groups is 4. The molecular weight excluding hydrogens is 415 g/mol. The number of hydrogen-bond acceptors (Lipinski definition) is 6. The molecule has 0 aliphatic heterocycles. The Kier molecular flexibility index (Phi) is 26.4. The molecule has 0 N–H and O–H groups in total. The third kappa shape index (κ3) is 15.4. The lowest BCUT2D eigenvalue weighted by molar-refractivity contribution is -0.197. The molecule has 0 spiro atoms. The van der Waals surface area contributed by atoms with Crippen molar-refractivity contribution in [2.75, 3.05) is 13.1 Å². The van der Waals surface area contributed by atoms with Crippen LogP contribution in [0.5, 0.6) is 0 Å². The molecule has 0 heterocycles. The Morgan fingerprint density at radius 2 is 1.17 bits per heavy atom. The highest BCUT2D eigenvalue weighted by molar-refractivity contribution is 5.86. The van der Waals surface area contributed by atoms with Crippen molar-refractivity contribution in [3.05, 3.63) is 24.8 Å². The zero-order valence-electron chi connectivity index (χ0n) is 19.2. The van der Waals surface area contributed by atoms with Crippen LogP contribution in [0.2, 0.25) is 0 Å². The molecule has 0 aliphatic carbocycles. The van der Waals surface area contributed by atoms with Gasteiger partial charge < -0.3 is 9.68 Å². The van der Waals surface area contributed by atoms with Gasteiger partial charge in [-0.05, 0) is 46.5 Å². The van der Waals surface area contributed by atoms with E-state index in [1.165, 1.54) is 6.08 Å². The maximum Gasteiger partial charge on any atom is 0.352 e. The molecule has 0 bridgehead atoms. The summed E-state index contributed by atoms with van der Waals surface area (Å²) in [6.45, 7) is 22.3. The van der Waals surface area contributed by atoms with E-state index in [-0.39, 0.29) is 36.8 Å². The number of halogens is 2. The van der Waals surface area contributed by atoms with E-state index in [9.17, 15) is 9.59 Å². The minimum absolute atomic E-state index is 0. The molecular formula is C21H42Cl2N2O4. The summed E-state index contributed by atoms with van der Waals surface area (Å²) in [5, 5.41) is 3.45. The summed E-state index contributed by atoms with van der Waals surface area (Å²) in [5.41, 5.74) is 0.439. The van der Waals surface area contributed by atoms with Crippen LogP contribution >= 0.6 is 24.8 Å². The van der Waals surface area contributed by atoms with Gasteiger partial charge in [-0.15, -0.1) is 34.9 Å². The molecule has 0 fully saturated rings. The highest BCUT2D eigenvalue weighted by Crippen LogP contribution is 2.10. The Bertz CT molecular complexity index is 454. The minimum Gasteiger partial charge on any atom is -0.364 e. The fraction of sp³-hybridized carbons (Fsp3) is 0.714. The monoisotopic (exact) mass is 456 g/mol. The molecule has 0 rings (SSSR count). The summed E-state index contributed by atoms with van der Waals surface area (Å²) in [6.07, 6.45) is 5.11. The lowest BCUT2D eigenvalue weighted by Gasteiger charge is -2.27. The lowest BCUT2D eigenvalue weighted by Crippen LogP contribution is -2.36. The molecule has 174 valence electrons. The van der Waals surface area contributed by atoms with E-state index >= 15 is 0 Å². The van der Waals surface area contributed by atoms with E-state index in [4.69, 9.17) is 9.68 Å². The average molecular weight is 457 g/mol. The number of carbonyl (C=O) groups excluding carboxylic acids is 2. The third-order valence-corrected chi connectivity index (χ3v) is 4.25. The van der Waals surface area contributed by atoms with Crippen molar-refractivity contribution in [1.82, 2.24) is 10.1 Å². The standard InChI is InChI=1S/C11H21NO2.C10H19NO2.2ClH/c1-6-10(7-2)12(8-3)14-11(13)9(4)5;1-5-9(6-2)11(8-4)13-10(12)7-3;;/h10H,4,6-8H2,1-3,5H3;7,9H,3,5-6,8H2,1-2,4H3;2*1H. The largest absolute Gasteiger partial charge is 0.364 e. The summed E-state index contributed by atoms with van der Waals surface area (Å²) in [6, 6.07) is 0.622. The lowest BCUT2D eigenvalue weighted by atomic mass is 10.2. The van der Waals surface area contributed by atoms with Crippen LogP contribution in [-0.2, 0) is 19.3 Å². The molecule has 29 heavy (non-hydrogen) atoms. The first-order chi connectivity index (χ1) is 12.7. The van der Waals surface area contributed by atoms with Crippen molar-refractivity contribution in [2.45, 2.75) is 86.2 Å². The predicted molar refractivity (Wildman–Crippen MR) is 125 cm³/mol. The van der Waals surface area contributed by atoms with Gasteiger partial charge in [-0.2, -0.15) is 0 Å². The van der Waals surface area contributed by atoms with Gasteiger partial charge in [0, 0.05) is 36.8 Å². The Labute approximate surface area is 190 Å². The van der Waals surface area contributed by atoms with E-state index < -0.39 is 0 Å². The number of nitrogens with zero attached hydrogens (tertiary/aromatic N) is 2. The Morgan fingerprint density at radius 1 is 0.828 bits per heavy atom. The summed E-state index contributed by atoms with van der Waals surface area (Å²) < 4.78 is 0. The molecule has 0 aliphatic rings. The van der Waals surface area contributed by atoms with Gasteiger partial charge in [0.2, 0.25) is 0 Å². The van der Waals surface area contributed by atoms with Crippen LogP contribution in [0.1, 0.15) is 74.1 Å². The molecule has 0 atom stereocenters. The summed E-state index contributed by atoms with van der Waals surface area (Å²) in [5.74, 6) is -0.715. The van der Waals surface area contributed by atoms with Crippen molar-refractivity contribution in [3.63, 3.8) is 0 Å². The first kappa shape index (κ1) is 35.4. The van der Waals surface area contributed by atoms with E-state index in [2.05, 4.69) is 40.9 Å². The predicted octanol–water partition coefficient (Wildman–Crippen LogP) is 5.52. The van der Waals surface area contributed by atoms with Crippen molar-refractivity contribution in [2.24, 2.45) is 0 Å². The van der Waals surface area contributed by atoms with Gasteiger partial charge in [-0.3, -0.25) is 0 Å². The van der Waals surface area contributed by atoms with E-state index in [0.717, 1.165) is 25.7 Å². The molecule has 0 saturated carbocycles. The van der Waals surface area contributed by atoms with Gasteiger partial charge in [0.1, 0.15) is 0 Å². The van der Waals surface area contributed by atoms with Gasteiger partial charge >= 0.3 is 11.9 Å². The fourth-order valence-corrected chi connectivity index (χ4v) is 2.52. The number of carbonyl (C=O) groups is 2. The van der Waals surface area contributed by atoms with Crippen molar-refractivity contribution in [1.29, 1.82) is 0 Å². The van der Waals surface area contributed by atoms with Crippen LogP contribution in [0.3, 0.4) is 0 Å². The van der Waals surface area contributed by atoms with Crippen LogP contribution in [0.4, 0.5) is 0 Å². The van der Waals surface area contributed by atoms with Gasteiger partial charge in [0.15, 0.2) is 0 Å². The van der Waals surface area contributed by atoms with E-state index in [0.29, 0.717) is 30.7 Å². The van der Waals surface area contributed by atoms with Crippen LogP contribution < -0.4 is 0 Å². The quantitative estimate of drug-likeness (QED) is 0.284. The van der Waals surface area contributed by atoms with Gasteiger partial charge in [0.25, 0.3) is 0 Å². The molecule has 0 radical (unpaired) electrons. The van der Waals surface area contributed by atoms with Crippen LogP contribution in [0.15, 0.2) is 24.8 Å². The van der Waals surface area contributed by atoms with Crippen molar-refractivity contribution in [3.8, 4) is 0 Å². The molecule has 6 nitrogen and oxygen atoms in total. The average Bonchev–Trinajstić information content (AvgIpc) is 2.67. The van der Waals surface area contributed by atoms with Crippen LogP contribution in [0, 0.1) is 0 Å². The van der Waals surface area contributed by atoms with Gasteiger partial charge in [-0.25, -0.2) is 9.59 Å². The highest BCUT2D eigenvalue weighted by Gasteiger charge is 2.18. The summed E-state index contributed by atoms with van der Waals surface area (Å²) in [7, 11) is 0. The second kappa shape index (κ2) is 21.6. The second-order valence-electron chi connectivity index (χ2n) is 6.18. The summed E-state index contributed by atoms with van der Waals surface area (Å²) in [4.78, 5) is 32.5. The molecule has 0 aromatic heterocycles. The zero-order valence-corrected chi connectivity index (χ0v) is 20.9. The normalized spacial score (nSPS) is 9.90. The molecule has 8 heteroatoms. The molecule has 0 aromatic rings. The molecule has 0 saturated heterocycles. The van der Waals surface area contributed by atoms with Crippen molar-refractivity contribution >= 4 is 36.8 Å². The van der Waals surface area contributed by atoms with Gasteiger partial charge in [0.05, 0.1) is 0 Å². The van der Waals surface area contributed by atoms with Gasteiger partial charge in [-0.1, -0.05) is 40.9 Å². The Balaban J connectivity index is -0.000000202. The summed E-state index contributed by atoms with van der Waals surface area (Å²) >= 11 is 0. The van der Waals surface area contributed by atoms with Crippen LogP contribution in [0.25, 0.3) is 0 Å². The Morgan fingerprint density at radius 3 is 1.41 bits per heavy atom. The first-order valence-electron chi connectivity index (χ1n) is 10.0. The van der Waals surface area contributed by atoms with Crippen LogP contribution in [-0.4, -0.2) is 47.2 Å². The molecule has 0 aromatic carbocycles. The van der Waals surface area contributed by atoms with E-state index in [1.807, 2.05) is 13.8 Å². The fourth-order valence-electron chi connectivity index (χ4n) is 2.52. The van der Waals surface area contributed by atoms with E-state index in [1.54, 1.807) is 17.1 Å². The highest BCUT2D eigenvalue weighted by atomic mass is 35.5. The SMILES string of the molecule is C=C(C)C(=O)ON(CC)C(CC)CC.C=CC(=O)ON(CC)C(CC)CC.Cl.Cl. The third-order valence-electron chi connectivity index (χ3n) is 4.25. The maximum absolute atomic E-state index is 11.3. The van der Waals surface area contributed by atoms with Crippen molar-refractivity contribution < 1.29 is 19.3 Å². The maximum atomic E-state index is 11.3. The number of rotatable bonds is 12. The zero-order chi connectivity index (χ0) is 21.4. The second-order valence-corrected chi connectivity index (χ2v) is 6.18. The molecule has 0 amide bonds. The topological polar surface area (TPSA) is 59.1 Å². The number of hydrogen-bond donors (Lipinski definition) is 0. The molecule has 0 unspecified atom stereocenters. The Hall–Kier alpha value is -1.08. The smallest absolute Gasteiger partial charge is 0.352 e. The first-order valence-corrected chi connectivity index (χ1v) is 10.0.